The van der Waals surface area contributed by atoms with Crippen molar-refractivity contribution in [1.82, 2.24) is 0 Å². The minimum atomic E-state index is -0.0699. The molecule has 116 valence electrons. The number of halogens is 1. The third kappa shape index (κ3) is 4.90. The molecule has 0 amide bonds. The molecule has 1 aromatic carbocycles. The fourth-order valence-electron chi connectivity index (χ4n) is 2.18. The van der Waals surface area contributed by atoms with E-state index in [4.69, 9.17) is 23.1 Å². The van der Waals surface area contributed by atoms with Crippen LogP contribution in [0, 0.1) is 12.8 Å². The molecule has 0 aromatic heterocycles. The largest absolute Gasteiger partial charge is 0.398 e. The molecule has 2 unspecified atom stereocenters. The van der Waals surface area contributed by atoms with Gasteiger partial charge in [-0.25, -0.2) is 0 Å². The molecule has 0 spiro atoms. The lowest BCUT2D eigenvalue weighted by atomic mass is 9.94. The molecular formula is C18H27ClN2. The molecule has 3 heteroatoms. The summed E-state index contributed by atoms with van der Waals surface area (Å²) >= 11 is 6.37. The summed E-state index contributed by atoms with van der Waals surface area (Å²) in [6, 6.07) is 4.04. The van der Waals surface area contributed by atoms with Crippen LogP contribution in [-0.2, 0) is 6.54 Å². The summed E-state index contributed by atoms with van der Waals surface area (Å²) in [4.78, 5) is 0. The van der Waals surface area contributed by atoms with E-state index in [0.29, 0.717) is 12.5 Å². The number of anilines is 1. The molecule has 0 aliphatic heterocycles. The van der Waals surface area contributed by atoms with E-state index < -0.39 is 0 Å². The lowest BCUT2D eigenvalue weighted by molar-refractivity contribution is 0.698. The molecule has 4 N–H and O–H groups in total. The highest BCUT2D eigenvalue weighted by atomic mass is 35.5. The van der Waals surface area contributed by atoms with E-state index in [1.54, 1.807) is 0 Å². The highest BCUT2D eigenvalue weighted by Gasteiger charge is 2.12. The number of hydrogen-bond donors (Lipinski definition) is 2. The van der Waals surface area contributed by atoms with Crippen molar-refractivity contribution in [3.05, 3.63) is 47.1 Å². The van der Waals surface area contributed by atoms with Crippen LogP contribution in [-0.4, -0.2) is 5.38 Å². The number of allylic oxidation sites excluding steroid dienone is 4. The summed E-state index contributed by atoms with van der Waals surface area (Å²) in [7, 11) is 0. The Kier molecular flexibility index (Phi) is 7.00. The zero-order chi connectivity index (χ0) is 16.0. The number of nitrogens with two attached hydrogens (primary N) is 2. The van der Waals surface area contributed by atoms with Gasteiger partial charge in [0.05, 0.1) is 5.38 Å². The lowest BCUT2D eigenvalue weighted by Gasteiger charge is -2.16. The Morgan fingerprint density at radius 2 is 2.00 bits per heavy atom. The predicted octanol–water partition coefficient (Wildman–Crippen LogP) is 4.65. The van der Waals surface area contributed by atoms with Gasteiger partial charge < -0.3 is 11.5 Å². The standard InChI is InChI=1S/C18H27ClN2/c1-5-12(2)7-6-8-16(14(4)19)17-10-15(11-20)18(21)9-13(17)3/h6-10,12,14H,5,11,20-21H2,1-4H3/b7-6-,16-8+. The molecule has 0 fully saturated rings. The van der Waals surface area contributed by atoms with Crippen molar-refractivity contribution in [3.63, 3.8) is 0 Å². The third-order valence-electron chi connectivity index (χ3n) is 3.81. The van der Waals surface area contributed by atoms with Crippen LogP contribution in [0.25, 0.3) is 5.57 Å². The Morgan fingerprint density at radius 1 is 1.33 bits per heavy atom. The minimum Gasteiger partial charge on any atom is -0.398 e. The van der Waals surface area contributed by atoms with E-state index >= 15 is 0 Å². The van der Waals surface area contributed by atoms with Crippen LogP contribution >= 0.6 is 11.6 Å². The van der Waals surface area contributed by atoms with E-state index in [1.807, 2.05) is 13.0 Å². The number of benzene rings is 1. The molecule has 0 aliphatic carbocycles. The maximum Gasteiger partial charge on any atom is 0.0563 e. The fourth-order valence-corrected chi connectivity index (χ4v) is 2.37. The second-order valence-electron chi connectivity index (χ2n) is 5.58. The Hall–Kier alpha value is -1.25. The highest BCUT2D eigenvalue weighted by molar-refractivity contribution is 6.26. The first-order valence-corrected chi connectivity index (χ1v) is 7.96. The van der Waals surface area contributed by atoms with Gasteiger partial charge in [-0.2, -0.15) is 0 Å². The molecule has 1 aromatic rings. The number of aryl methyl sites for hydroxylation is 1. The summed E-state index contributed by atoms with van der Waals surface area (Å²) in [6.45, 7) is 8.86. The molecule has 0 radical (unpaired) electrons. The molecule has 0 bridgehead atoms. The van der Waals surface area contributed by atoms with Gasteiger partial charge in [0.15, 0.2) is 0 Å². The van der Waals surface area contributed by atoms with Crippen LogP contribution in [0.1, 0.15) is 43.9 Å². The first kappa shape index (κ1) is 17.8. The van der Waals surface area contributed by atoms with Crippen LogP contribution in [0.5, 0.6) is 0 Å². The summed E-state index contributed by atoms with van der Waals surface area (Å²) in [5.74, 6) is 0.570. The van der Waals surface area contributed by atoms with Gasteiger partial charge in [0.25, 0.3) is 0 Å². The normalized spacial score (nSPS) is 15.4. The molecule has 0 aliphatic rings. The average Bonchev–Trinajstić information content (AvgIpc) is 2.44. The SMILES string of the molecule is CCC(C)/C=C\C=C(\c1cc(CN)c(N)cc1C)C(C)Cl. The Balaban J connectivity index is 3.23. The van der Waals surface area contributed by atoms with Crippen LogP contribution in [0.2, 0.25) is 0 Å². The molecule has 0 saturated carbocycles. The van der Waals surface area contributed by atoms with Gasteiger partial charge in [-0.15, -0.1) is 11.6 Å². The summed E-state index contributed by atoms with van der Waals surface area (Å²) < 4.78 is 0. The van der Waals surface area contributed by atoms with Crippen molar-refractivity contribution in [2.75, 3.05) is 5.73 Å². The third-order valence-corrected chi connectivity index (χ3v) is 4.04. The van der Waals surface area contributed by atoms with E-state index in [9.17, 15) is 0 Å². The topological polar surface area (TPSA) is 52.0 Å². The molecule has 0 heterocycles. The van der Waals surface area contributed by atoms with Crippen molar-refractivity contribution < 1.29 is 0 Å². The quantitative estimate of drug-likeness (QED) is 0.456. The van der Waals surface area contributed by atoms with E-state index in [1.165, 1.54) is 0 Å². The van der Waals surface area contributed by atoms with Crippen LogP contribution in [0.3, 0.4) is 0 Å². The van der Waals surface area contributed by atoms with Gasteiger partial charge >= 0.3 is 0 Å². The maximum absolute atomic E-state index is 6.37. The Labute approximate surface area is 133 Å². The molecule has 0 saturated heterocycles. The van der Waals surface area contributed by atoms with Crippen LogP contribution < -0.4 is 11.5 Å². The lowest BCUT2D eigenvalue weighted by Crippen LogP contribution is -2.06. The van der Waals surface area contributed by atoms with Crippen molar-refractivity contribution in [2.45, 2.75) is 46.0 Å². The average molecular weight is 307 g/mol. The molecule has 2 nitrogen and oxygen atoms in total. The number of alkyl halides is 1. The molecule has 2 atom stereocenters. The maximum atomic E-state index is 6.37. The monoisotopic (exact) mass is 306 g/mol. The smallest absolute Gasteiger partial charge is 0.0563 e. The first-order valence-electron chi connectivity index (χ1n) is 7.52. The summed E-state index contributed by atoms with van der Waals surface area (Å²) in [6.07, 6.45) is 7.53. The van der Waals surface area contributed by atoms with Gasteiger partial charge in [0.1, 0.15) is 0 Å². The molecule has 1 rings (SSSR count). The predicted molar refractivity (Wildman–Crippen MR) is 95.4 cm³/mol. The zero-order valence-electron chi connectivity index (χ0n) is 13.5. The summed E-state index contributed by atoms with van der Waals surface area (Å²) in [5, 5.41) is -0.0699. The molecular weight excluding hydrogens is 280 g/mol. The van der Waals surface area contributed by atoms with Crippen molar-refractivity contribution in [2.24, 2.45) is 11.7 Å². The van der Waals surface area contributed by atoms with E-state index in [2.05, 4.69) is 45.1 Å². The highest BCUT2D eigenvalue weighted by Crippen LogP contribution is 2.29. The number of rotatable bonds is 6. The molecule has 21 heavy (non-hydrogen) atoms. The van der Waals surface area contributed by atoms with Crippen molar-refractivity contribution >= 4 is 22.9 Å². The van der Waals surface area contributed by atoms with Gasteiger partial charge in [-0.3, -0.25) is 0 Å². The van der Waals surface area contributed by atoms with Gasteiger partial charge in [-0.05, 0) is 54.2 Å². The van der Waals surface area contributed by atoms with Crippen LogP contribution in [0.15, 0.2) is 30.4 Å². The fraction of sp³-hybridized carbons (Fsp3) is 0.444. The number of nitrogen functional groups attached to an aromatic ring is 1. The van der Waals surface area contributed by atoms with Gasteiger partial charge in [-0.1, -0.05) is 38.5 Å². The minimum absolute atomic E-state index is 0.0699. The van der Waals surface area contributed by atoms with Crippen molar-refractivity contribution in [3.8, 4) is 0 Å². The van der Waals surface area contributed by atoms with Gasteiger partial charge in [0, 0.05) is 12.2 Å². The Morgan fingerprint density at radius 3 is 2.52 bits per heavy atom. The van der Waals surface area contributed by atoms with E-state index in [-0.39, 0.29) is 5.38 Å². The second kappa shape index (κ2) is 8.26. The van der Waals surface area contributed by atoms with Crippen LogP contribution in [0.4, 0.5) is 5.69 Å². The zero-order valence-corrected chi connectivity index (χ0v) is 14.2. The van der Waals surface area contributed by atoms with Crippen molar-refractivity contribution in [1.29, 1.82) is 0 Å². The van der Waals surface area contributed by atoms with Gasteiger partial charge in [0.2, 0.25) is 0 Å². The number of hydrogen-bond acceptors (Lipinski definition) is 2. The second-order valence-corrected chi connectivity index (χ2v) is 6.23. The van der Waals surface area contributed by atoms with E-state index in [0.717, 1.165) is 34.4 Å². The Bertz CT molecular complexity index is 530. The first-order chi connectivity index (χ1) is 9.90. The summed E-state index contributed by atoms with van der Waals surface area (Å²) in [5.41, 5.74) is 16.8.